The van der Waals surface area contributed by atoms with Crippen LogP contribution in [0.3, 0.4) is 0 Å². The molecule has 16 nitrogen and oxygen atoms in total. The molecule has 6 atom stereocenters. The van der Waals surface area contributed by atoms with E-state index >= 15 is 0 Å². The largest absolute Gasteiger partial charge is 0.479 e. The van der Waals surface area contributed by atoms with Crippen molar-refractivity contribution in [3.05, 3.63) is 68.8 Å². The van der Waals surface area contributed by atoms with Gasteiger partial charge in [-0.2, -0.15) is 0 Å². The molecule has 0 amide bonds. The number of carboxylic acids is 1. The Morgan fingerprint density at radius 2 is 1.65 bits per heavy atom. The highest BCUT2D eigenvalue weighted by Gasteiger charge is 2.48. The molecule has 16 heteroatoms. The van der Waals surface area contributed by atoms with Gasteiger partial charge in [-0.25, -0.2) is 4.79 Å². The van der Waals surface area contributed by atoms with E-state index in [0.29, 0.717) is 16.7 Å². The number of carbonyl (C=O) groups excluding carboxylic acids is 3. The van der Waals surface area contributed by atoms with Gasteiger partial charge >= 0.3 is 29.6 Å². The van der Waals surface area contributed by atoms with Crippen molar-refractivity contribution in [1.82, 2.24) is 0 Å². The summed E-state index contributed by atoms with van der Waals surface area (Å²) in [6.45, 7) is 2.22. The number of esters is 3. The first-order valence-electron chi connectivity index (χ1n) is 13.6. The molecule has 0 aromatic heterocycles. The standard InChI is InChI=1S/C30H31NO15/c1-4-5-22(44-24(34)12-18-7-6-17(13-42-15(2)32)10-20(18)14-43-16(3)33)19-8-9-23(21(11-19)31(40)41)45-30-27(37)25(35)26(36)28(46-30)29(38)39/h1,6-11,22,25-28,30,35-37H,5,12-14H2,2-3H3,(H,38,39). The van der Waals surface area contributed by atoms with E-state index in [1.165, 1.54) is 19.9 Å². The number of carbonyl (C=O) groups is 4. The Bertz CT molecular complexity index is 1520. The number of aliphatic carboxylic acids is 1. The number of benzene rings is 2. The highest BCUT2D eigenvalue weighted by Crippen LogP contribution is 2.35. The van der Waals surface area contributed by atoms with Crippen LogP contribution < -0.4 is 4.74 Å². The normalized spacial score (nSPS) is 21.3. The lowest BCUT2D eigenvalue weighted by Gasteiger charge is -2.38. The summed E-state index contributed by atoms with van der Waals surface area (Å²) in [7, 11) is 0. The van der Waals surface area contributed by atoms with Crippen LogP contribution in [0.5, 0.6) is 5.75 Å². The minimum absolute atomic E-state index is 0.0512. The molecule has 0 aliphatic carbocycles. The van der Waals surface area contributed by atoms with E-state index in [2.05, 4.69) is 5.92 Å². The molecule has 2 aromatic rings. The maximum Gasteiger partial charge on any atom is 0.335 e. The van der Waals surface area contributed by atoms with Gasteiger partial charge in [0.25, 0.3) is 0 Å². The lowest BCUT2D eigenvalue weighted by Crippen LogP contribution is -2.61. The topological polar surface area (TPSA) is 238 Å². The monoisotopic (exact) mass is 645 g/mol. The Kier molecular flexibility index (Phi) is 12.1. The second-order valence-corrected chi connectivity index (χ2v) is 10.1. The number of aliphatic hydroxyl groups excluding tert-OH is 3. The highest BCUT2D eigenvalue weighted by atomic mass is 16.7. The van der Waals surface area contributed by atoms with Crippen LogP contribution in [-0.2, 0) is 57.8 Å². The van der Waals surface area contributed by atoms with Crippen LogP contribution in [0.15, 0.2) is 36.4 Å². The molecule has 0 radical (unpaired) electrons. The Hall–Kier alpha value is -5.08. The third kappa shape index (κ3) is 9.22. The van der Waals surface area contributed by atoms with Gasteiger partial charge in [0, 0.05) is 25.5 Å². The number of aliphatic hydroxyl groups is 3. The fraction of sp³-hybridized carbons (Fsp3) is 0.400. The van der Waals surface area contributed by atoms with E-state index in [-0.39, 0.29) is 31.6 Å². The van der Waals surface area contributed by atoms with Gasteiger partial charge in [-0.15, -0.1) is 12.3 Å². The van der Waals surface area contributed by atoms with Crippen LogP contribution in [0.2, 0.25) is 0 Å². The first-order valence-corrected chi connectivity index (χ1v) is 13.6. The van der Waals surface area contributed by atoms with Crippen molar-refractivity contribution in [2.45, 2.75) is 76.7 Å². The maximum atomic E-state index is 13.0. The second-order valence-electron chi connectivity index (χ2n) is 10.1. The van der Waals surface area contributed by atoms with Gasteiger partial charge in [0.15, 0.2) is 11.9 Å². The Morgan fingerprint density at radius 1 is 0.978 bits per heavy atom. The fourth-order valence-electron chi connectivity index (χ4n) is 4.38. The SMILES string of the molecule is C#CCC(OC(=O)Cc1ccc(COC(C)=O)cc1COC(C)=O)c1ccc(OC2OC(C(=O)O)C(O)C(O)C2O)c([N+](=O)[O-])c1. The molecule has 2 aromatic carbocycles. The first-order chi connectivity index (χ1) is 21.7. The van der Waals surface area contributed by atoms with E-state index in [9.17, 15) is 49.7 Å². The molecule has 46 heavy (non-hydrogen) atoms. The summed E-state index contributed by atoms with van der Waals surface area (Å²) in [5.74, 6) is -1.70. The molecule has 1 aliphatic rings. The molecular formula is C30H31NO15. The molecular weight excluding hydrogens is 614 g/mol. The van der Waals surface area contributed by atoms with Crippen molar-refractivity contribution < 1.29 is 68.2 Å². The molecule has 4 N–H and O–H groups in total. The van der Waals surface area contributed by atoms with Crippen molar-refractivity contribution in [2.75, 3.05) is 0 Å². The number of ether oxygens (including phenoxy) is 5. The average Bonchev–Trinajstić information content (AvgIpc) is 2.99. The lowest BCUT2D eigenvalue weighted by atomic mass is 9.99. The molecule has 1 saturated heterocycles. The average molecular weight is 646 g/mol. The third-order valence-corrected chi connectivity index (χ3v) is 6.66. The summed E-state index contributed by atoms with van der Waals surface area (Å²) in [6, 6.07) is 8.13. The van der Waals surface area contributed by atoms with Gasteiger partial charge in [0.2, 0.25) is 6.29 Å². The van der Waals surface area contributed by atoms with E-state index in [1.807, 2.05) is 0 Å². The van der Waals surface area contributed by atoms with Gasteiger partial charge in [-0.05, 0) is 28.8 Å². The van der Waals surface area contributed by atoms with Gasteiger partial charge in [-0.3, -0.25) is 24.5 Å². The minimum Gasteiger partial charge on any atom is -0.479 e. The van der Waals surface area contributed by atoms with E-state index < -0.39 is 77.0 Å². The molecule has 3 rings (SSSR count). The zero-order valence-electron chi connectivity index (χ0n) is 24.6. The number of rotatable bonds is 13. The predicted octanol–water partition coefficient (Wildman–Crippen LogP) is 0.842. The summed E-state index contributed by atoms with van der Waals surface area (Å²) in [5.41, 5.74) is 0.823. The smallest absolute Gasteiger partial charge is 0.335 e. The number of carboxylic acid groups (broad SMARTS) is 1. The number of hydrogen-bond donors (Lipinski definition) is 4. The van der Waals surface area contributed by atoms with E-state index in [0.717, 1.165) is 12.1 Å². The molecule has 0 spiro atoms. The van der Waals surface area contributed by atoms with Crippen LogP contribution in [-0.4, -0.2) is 79.9 Å². The summed E-state index contributed by atoms with van der Waals surface area (Å²) < 4.78 is 26.0. The number of nitrogens with zero attached hydrogens (tertiary/aromatic N) is 1. The second kappa shape index (κ2) is 15.8. The lowest BCUT2D eigenvalue weighted by molar-refractivity contribution is -0.387. The summed E-state index contributed by atoms with van der Waals surface area (Å²) >= 11 is 0. The summed E-state index contributed by atoms with van der Waals surface area (Å²) in [4.78, 5) is 58.0. The first kappa shape index (κ1) is 35.4. The van der Waals surface area contributed by atoms with Gasteiger partial charge in [0.1, 0.15) is 37.6 Å². The van der Waals surface area contributed by atoms with Crippen molar-refractivity contribution in [1.29, 1.82) is 0 Å². The number of nitro benzene ring substituents is 1. The zero-order valence-corrected chi connectivity index (χ0v) is 24.6. The Labute approximate surface area is 261 Å². The fourth-order valence-corrected chi connectivity index (χ4v) is 4.38. The summed E-state index contributed by atoms with van der Waals surface area (Å²) in [5, 5.41) is 51.3. The predicted molar refractivity (Wildman–Crippen MR) is 151 cm³/mol. The molecule has 1 heterocycles. The van der Waals surface area contributed by atoms with E-state index in [1.54, 1.807) is 18.2 Å². The van der Waals surface area contributed by atoms with Crippen LogP contribution >= 0.6 is 0 Å². The van der Waals surface area contributed by atoms with Crippen molar-refractivity contribution in [3.8, 4) is 18.1 Å². The molecule has 246 valence electrons. The number of nitro groups is 1. The third-order valence-electron chi connectivity index (χ3n) is 6.66. The Balaban J connectivity index is 1.83. The Morgan fingerprint density at radius 3 is 2.26 bits per heavy atom. The summed E-state index contributed by atoms with van der Waals surface area (Å²) in [6.07, 6.45) is -6.10. The number of terminal acetylenes is 1. The van der Waals surface area contributed by atoms with Crippen LogP contribution in [0.4, 0.5) is 5.69 Å². The molecule has 6 unspecified atom stereocenters. The van der Waals surface area contributed by atoms with Gasteiger partial charge < -0.3 is 44.1 Å². The van der Waals surface area contributed by atoms with Crippen LogP contribution in [0.25, 0.3) is 0 Å². The van der Waals surface area contributed by atoms with Crippen molar-refractivity contribution in [2.24, 2.45) is 0 Å². The van der Waals surface area contributed by atoms with E-state index in [4.69, 9.17) is 30.1 Å². The van der Waals surface area contributed by atoms with Gasteiger partial charge in [-0.1, -0.05) is 18.2 Å². The van der Waals surface area contributed by atoms with Crippen molar-refractivity contribution in [3.63, 3.8) is 0 Å². The molecule has 1 aliphatic heterocycles. The van der Waals surface area contributed by atoms with Crippen LogP contribution in [0, 0.1) is 22.5 Å². The van der Waals surface area contributed by atoms with Crippen LogP contribution in [0.1, 0.15) is 48.6 Å². The zero-order chi connectivity index (χ0) is 34.1. The quantitative estimate of drug-likeness (QED) is 0.0776. The molecule has 0 bridgehead atoms. The highest BCUT2D eigenvalue weighted by molar-refractivity contribution is 5.74. The van der Waals surface area contributed by atoms with Gasteiger partial charge in [0.05, 0.1) is 17.8 Å². The van der Waals surface area contributed by atoms with Crippen molar-refractivity contribution >= 4 is 29.6 Å². The molecule has 0 saturated carbocycles. The minimum atomic E-state index is -2.00. The molecule has 1 fully saturated rings. The maximum absolute atomic E-state index is 13.0. The number of hydrogen-bond acceptors (Lipinski definition) is 14.